The summed E-state index contributed by atoms with van der Waals surface area (Å²) < 4.78 is 0. The van der Waals surface area contributed by atoms with Crippen LogP contribution in [-0.4, -0.2) is 28.7 Å². The van der Waals surface area contributed by atoms with Gasteiger partial charge in [0.05, 0.1) is 5.69 Å². The first-order valence-electron chi connectivity index (χ1n) is 6.38. The molecule has 2 rings (SSSR count). The van der Waals surface area contributed by atoms with Crippen LogP contribution in [-0.2, 0) is 4.79 Å². The molecule has 2 heterocycles. The van der Waals surface area contributed by atoms with Crippen LogP contribution in [0, 0.1) is 0 Å². The second-order valence-corrected chi connectivity index (χ2v) is 5.37. The normalized spacial score (nSPS) is 11.5. The van der Waals surface area contributed by atoms with Crippen molar-refractivity contribution in [2.75, 3.05) is 5.32 Å². The molecule has 0 aliphatic rings. The average Bonchev–Trinajstić information content (AvgIpc) is 2.96. The molecule has 0 bridgehead atoms. The number of pyridine rings is 1. The fourth-order valence-corrected chi connectivity index (χ4v) is 2.37. The smallest absolute Gasteiger partial charge is 0.264 e. The topological polar surface area (TPSA) is 114 Å². The summed E-state index contributed by atoms with van der Waals surface area (Å²) in [6.45, 7) is 1.49. The molecular weight excluding hydrogens is 304 g/mol. The fraction of sp³-hybridized carbons (Fsp3) is 0.143. The summed E-state index contributed by atoms with van der Waals surface area (Å²) >= 11 is 1.16. The lowest BCUT2D eigenvalue weighted by atomic mass is 10.2. The van der Waals surface area contributed by atoms with Gasteiger partial charge in [0.1, 0.15) is 10.9 Å². The molecule has 0 aromatic carbocycles. The van der Waals surface area contributed by atoms with E-state index < -0.39 is 17.9 Å². The van der Waals surface area contributed by atoms with Crippen molar-refractivity contribution in [1.29, 1.82) is 0 Å². The quantitative estimate of drug-likeness (QED) is 0.763. The molecule has 22 heavy (non-hydrogen) atoms. The van der Waals surface area contributed by atoms with Crippen LogP contribution in [0.15, 0.2) is 36.0 Å². The number of hydrogen-bond acceptors (Lipinski definition) is 5. The van der Waals surface area contributed by atoms with Gasteiger partial charge < -0.3 is 16.4 Å². The second-order valence-electron chi connectivity index (χ2n) is 4.45. The zero-order valence-electron chi connectivity index (χ0n) is 11.7. The van der Waals surface area contributed by atoms with E-state index in [9.17, 15) is 14.4 Å². The molecule has 0 saturated carbocycles. The molecular formula is C14H14N4O3S. The summed E-state index contributed by atoms with van der Waals surface area (Å²) in [4.78, 5) is 39.3. The number of primary amides is 1. The maximum atomic E-state index is 12.1. The summed E-state index contributed by atoms with van der Waals surface area (Å²) in [5.74, 6) is -1.45. The number of rotatable bonds is 5. The Kier molecular flexibility index (Phi) is 4.84. The van der Waals surface area contributed by atoms with Gasteiger partial charge in [-0.15, -0.1) is 11.3 Å². The highest BCUT2D eigenvalue weighted by atomic mass is 32.1. The molecule has 0 radical (unpaired) electrons. The average molecular weight is 318 g/mol. The maximum absolute atomic E-state index is 12.1. The zero-order valence-corrected chi connectivity index (χ0v) is 12.5. The number of amides is 3. The van der Waals surface area contributed by atoms with Gasteiger partial charge in [-0.2, -0.15) is 0 Å². The number of hydrogen-bond donors (Lipinski definition) is 3. The van der Waals surface area contributed by atoms with Crippen LogP contribution in [0.1, 0.15) is 27.0 Å². The Bertz CT molecular complexity index is 699. The van der Waals surface area contributed by atoms with Crippen molar-refractivity contribution < 1.29 is 14.4 Å². The van der Waals surface area contributed by atoms with Gasteiger partial charge in [0.25, 0.3) is 11.8 Å². The lowest BCUT2D eigenvalue weighted by Gasteiger charge is -2.11. The summed E-state index contributed by atoms with van der Waals surface area (Å²) in [5, 5.41) is 6.80. The number of carbonyl (C=O) groups excluding carboxylic acids is 3. The number of nitrogens with two attached hydrogens (primary N) is 1. The number of anilines is 1. The first kappa shape index (κ1) is 15.6. The van der Waals surface area contributed by atoms with Crippen molar-refractivity contribution in [3.63, 3.8) is 0 Å². The van der Waals surface area contributed by atoms with Gasteiger partial charge in [-0.25, -0.2) is 0 Å². The molecule has 7 nitrogen and oxygen atoms in total. The van der Waals surface area contributed by atoms with E-state index in [0.717, 1.165) is 11.3 Å². The van der Waals surface area contributed by atoms with Crippen molar-refractivity contribution in [2.45, 2.75) is 13.0 Å². The summed E-state index contributed by atoms with van der Waals surface area (Å²) in [6.07, 6.45) is 3.01. The third-order valence-electron chi connectivity index (χ3n) is 2.84. The van der Waals surface area contributed by atoms with Crippen LogP contribution in [0.4, 0.5) is 5.69 Å². The molecule has 3 amide bonds. The molecule has 2 aromatic heterocycles. The van der Waals surface area contributed by atoms with Crippen LogP contribution >= 0.6 is 11.3 Å². The van der Waals surface area contributed by atoms with Crippen molar-refractivity contribution in [3.05, 3.63) is 46.4 Å². The van der Waals surface area contributed by atoms with Gasteiger partial charge >= 0.3 is 0 Å². The summed E-state index contributed by atoms with van der Waals surface area (Å²) in [5.41, 5.74) is 5.91. The van der Waals surface area contributed by atoms with Crippen LogP contribution in [0.5, 0.6) is 0 Å². The maximum Gasteiger partial charge on any atom is 0.264 e. The Hall–Kier alpha value is -2.74. The number of nitrogens with zero attached hydrogens (tertiary/aromatic N) is 1. The van der Waals surface area contributed by atoms with Crippen molar-refractivity contribution in [2.24, 2.45) is 5.73 Å². The Balaban J connectivity index is 2.11. The molecule has 0 spiro atoms. The Morgan fingerprint density at radius 2 is 1.86 bits per heavy atom. The molecule has 0 aliphatic carbocycles. The molecule has 0 aliphatic heterocycles. The van der Waals surface area contributed by atoms with Gasteiger partial charge in [-0.05, 0) is 30.5 Å². The molecule has 1 atom stereocenters. The Morgan fingerprint density at radius 1 is 1.18 bits per heavy atom. The minimum atomic E-state index is -0.793. The van der Waals surface area contributed by atoms with Crippen LogP contribution < -0.4 is 16.4 Å². The van der Waals surface area contributed by atoms with E-state index in [-0.39, 0.29) is 5.91 Å². The zero-order chi connectivity index (χ0) is 16.1. The molecule has 2 aromatic rings. The fourth-order valence-electron chi connectivity index (χ4n) is 1.61. The molecule has 0 saturated heterocycles. The van der Waals surface area contributed by atoms with Crippen LogP contribution in [0.25, 0.3) is 0 Å². The van der Waals surface area contributed by atoms with E-state index in [1.165, 1.54) is 19.3 Å². The molecule has 114 valence electrons. The SMILES string of the molecule is C[C@H](NC(=O)c1sccc1NC(=O)c1ccncc1)C(N)=O. The predicted molar refractivity (Wildman–Crippen MR) is 82.6 cm³/mol. The van der Waals surface area contributed by atoms with Gasteiger partial charge in [-0.1, -0.05) is 0 Å². The number of thiophene rings is 1. The molecule has 0 fully saturated rings. The van der Waals surface area contributed by atoms with E-state index in [1.807, 2.05) is 0 Å². The largest absolute Gasteiger partial charge is 0.368 e. The van der Waals surface area contributed by atoms with E-state index in [4.69, 9.17) is 5.73 Å². The summed E-state index contributed by atoms with van der Waals surface area (Å²) in [7, 11) is 0. The summed E-state index contributed by atoms with van der Waals surface area (Å²) in [6, 6.07) is 3.96. The highest BCUT2D eigenvalue weighted by Crippen LogP contribution is 2.23. The number of carbonyl (C=O) groups is 3. The van der Waals surface area contributed by atoms with Gasteiger partial charge in [0.15, 0.2) is 0 Å². The van der Waals surface area contributed by atoms with Crippen LogP contribution in [0.2, 0.25) is 0 Å². The third-order valence-corrected chi connectivity index (χ3v) is 3.75. The van der Waals surface area contributed by atoms with Gasteiger partial charge in [0.2, 0.25) is 5.91 Å². The Morgan fingerprint density at radius 3 is 2.50 bits per heavy atom. The second kappa shape index (κ2) is 6.81. The minimum absolute atomic E-state index is 0.301. The highest BCUT2D eigenvalue weighted by molar-refractivity contribution is 7.12. The van der Waals surface area contributed by atoms with E-state index >= 15 is 0 Å². The first-order valence-corrected chi connectivity index (χ1v) is 7.26. The highest BCUT2D eigenvalue weighted by Gasteiger charge is 2.19. The number of nitrogens with one attached hydrogen (secondary N) is 2. The molecule has 0 unspecified atom stereocenters. The van der Waals surface area contributed by atoms with Crippen LogP contribution in [0.3, 0.4) is 0 Å². The number of aromatic nitrogens is 1. The van der Waals surface area contributed by atoms with Crippen molar-refractivity contribution >= 4 is 34.7 Å². The molecule has 4 N–H and O–H groups in total. The minimum Gasteiger partial charge on any atom is -0.368 e. The third kappa shape index (κ3) is 3.67. The van der Waals surface area contributed by atoms with Gasteiger partial charge in [-0.3, -0.25) is 19.4 Å². The standard InChI is InChI=1S/C14H14N4O3S/c1-8(12(15)19)17-14(21)11-10(4-7-22-11)18-13(20)9-2-5-16-6-3-9/h2-8H,1H3,(H2,15,19)(H,17,21)(H,18,20)/t8-/m0/s1. The first-order chi connectivity index (χ1) is 10.5. The van der Waals surface area contributed by atoms with Gasteiger partial charge in [0, 0.05) is 18.0 Å². The lowest BCUT2D eigenvalue weighted by molar-refractivity contribution is -0.119. The molecule has 8 heteroatoms. The van der Waals surface area contributed by atoms with Crippen molar-refractivity contribution in [3.8, 4) is 0 Å². The van der Waals surface area contributed by atoms with E-state index in [2.05, 4.69) is 15.6 Å². The monoisotopic (exact) mass is 318 g/mol. The Labute approximate surface area is 130 Å². The van der Waals surface area contributed by atoms with Crippen molar-refractivity contribution in [1.82, 2.24) is 10.3 Å². The van der Waals surface area contributed by atoms with E-state index in [0.29, 0.717) is 16.1 Å². The lowest BCUT2D eigenvalue weighted by Crippen LogP contribution is -2.42. The predicted octanol–water partition coefficient (Wildman–Crippen LogP) is 0.999. The van der Waals surface area contributed by atoms with E-state index in [1.54, 1.807) is 23.6 Å².